The molecule has 1 fully saturated rings. The van der Waals surface area contributed by atoms with Crippen molar-refractivity contribution in [1.29, 1.82) is 0 Å². The van der Waals surface area contributed by atoms with Gasteiger partial charge in [0.2, 0.25) is 5.91 Å². The van der Waals surface area contributed by atoms with Crippen LogP contribution < -0.4 is 5.43 Å². The molecule has 0 radical (unpaired) electrons. The predicted molar refractivity (Wildman–Crippen MR) is 76.5 cm³/mol. The van der Waals surface area contributed by atoms with Gasteiger partial charge in [0.15, 0.2) is 0 Å². The van der Waals surface area contributed by atoms with Crippen molar-refractivity contribution in [2.45, 2.75) is 32.6 Å². The first-order valence-electron chi connectivity index (χ1n) is 6.33. The maximum absolute atomic E-state index is 11.6. The number of rotatable bonds is 5. The first-order chi connectivity index (χ1) is 8.70. The van der Waals surface area contributed by atoms with E-state index in [0.717, 1.165) is 41.4 Å². The number of halogens is 1. The minimum absolute atomic E-state index is 0.0562. The molecule has 0 aliphatic heterocycles. The molecule has 0 spiro atoms. The molecule has 96 valence electrons. The van der Waals surface area contributed by atoms with E-state index in [4.69, 9.17) is 0 Å². The molecule has 2 rings (SSSR count). The van der Waals surface area contributed by atoms with E-state index in [1.54, 1.807) is 0 Å². The van der Waals surface area contributed by atoms with Crippen LogP contribution >= 0.6 is 15.9 Å². The topological polar surface area (TPSA) is 41.5 Å². The highest BCUT2D eigenvalue weighted by atomic mass is 79.9. The van der Waals surface area contributed by atoms with Crippen molar-refractivity contribution in [3.8, 4) is 0 Å². The van der Waals surface area contributed by atoms with Crippen LogP contribution in [0.5, 0.6) is 0 Å². The Bertz CT molecular complexity index is 449. The van der Waals surface area contributed by atoms with Crippen LogP contribution in [0, 0.1) is 5.92 Å². The van der Waals surface area contributed by atoms with Gasteiger partial charge in [0.1, 0.15) is 0 Å². The normalized spacial score (nSPS) is 15.6. The van der Waals surface area contributed by atoms with Gasteiger partial charge in [-0.25, -0.2) is 5.43 Å². The number of amides is 1. The van der Waals surface area contributed by atoms with Crippen molar-refractivity contribution in [1.82, 2.24) is 5.43 Å². The smallest absolute Gasteiger partial charge is 0.243 e. The summed E-state index contributed by atoms with van der Waals surface area (Å²) < 4.78 is 1.05. The van der Waals surface area contributed by atoms with Gasteiger partial charge in [-0.1, -0.05) is 41.4 Å². The van der Waals surface area contributed by atoms with Gasteiger partial charge >= 0.3 is 0 Å². The van der Waals surface area contributed by atoms with Crippen molar-refractivity contribution >= 4 is 27.5 Å². The standard InChI is InChI=1S/C14H17BrN2O/c1-2-3-13(10-6-8-12(15)9-7-10)16-17-14(18)11-4-5-11/h6-9,11H,2-5H2,1H3,(H,17,18)/b16-13-. The summed E-state index contributed by atoms with van der Waals surface area (Å²) in [4.78, 5) is 11.6. The fourth-order valence-electron chi connectivity index (χ4n) is 1.70. The molecule has 1 N–H and O–H groups in total. The minimum atomic E-state index is 0.0562. The summed E-state index contributed by atoms with van der Waals surface area (Å²) in [6, 6.07) is 8.01. The van der Waals surface area contributed by atoms with Crippen molar-refractivity contribution in [3.63, 3.8) is 0 Å². The lowest BCUT2D eigenvalue weighted by atomic mass is 10.1. The zero-order valence-corrected chi connectivity index (χ0v) is 12.0. The summed E-state index contributed by atoms with van der Waals surface area (Å²) in [7, 11) is 0. The Labute approximate surface area is 116 Å². The highest BCUT2D eigenvalue weighted by Crippen LogP contribution is 2.28. The van der Waals surface area contributed by atoms with Crippen molar-refractivity contribution in [2.24, 2.45) is 11.0 Å². The molecule has 3 nitrogen and oxygen atoms in total. The molecule has 0 aromatic heterocycles. The third kappa shape index (κ3) is 3.67. The van der Waals surface area contributed by atoms with Crippen LogP contribution in [0.1, 0.15) is 38.2 Å². The summed E-state index contributed by atoms with van der Waals surface area (Å²) in [5.41, 5.74) is 4.69. The molecule has 0 atom stereocenters. The van der Waals surface area contributed by atoms with Gasteiger partial charge in [-0.15, -0.1) is 0 Å². The summed E-state index contributed by atoms with van der Waals surface area (Å²) >= 11 is 3.41. The number of carbonyl (C=O) groups excluding carboxylic acids is 1. The van der Waals surface area contributed by atoms with Gasteiger partial charge in [-0.05, 0) is 37.0 Å². The summed E-state index contributed by atoms with van der Waals surface area (Å²) in [6.07, 6.45) is 3.88. The Kier molecular flexibility index (Phi) is 4.53. The molecule has 4 heteroatoms. The van der Waals surface area contributed by atoms with E-state index in [-0.39, 0.29) is 11.8 Å². The third-order valence-corrected chi connectivity index (χ3v) is 3.44. The summed E-state index contributed by atoms with van der Waals surface area (Å²) in [5.74, 6) is 0.252. The molecular weight excluding hydrogens is 292 g/mol. The Morgan fingerprint density at radius 3 is 2.61 bits per heavy atom. The molecule has 1 aromatic carbocycles. The van der Waals surface area contributed by atoms with E-state index < -0.39 is 0 Å². The van der Waals surface area contributed by atoms with Crippen LogP contribution in [0.15, 0.2) is 33.8 Å². The van der Waals surface area contributed by atoms with E-state index in [1.165, 1.54) is 0 Å². The Morgan fingerprint density at radius 2 is 2.06 bits per heavy atom. The Hall–Kier alpha value is -1.16. The molecule has 1 aromatic rings. The maximum atomic E-state index is 11.6. The van der Waals surface area contributed by atoms with E-state index >= 15 is 0 Å². The number of carbonyl (C=O) groups is 1. The van der Waals surface area contributed by atoms with Crippen molar-refractivity contribution in [2.75, 3.05) is 0 Å². The first-order valence-corrected chi connectivity index (χ1v) is 7.12. The van der Waals surface area contributed by atoms with Crippen LogP contribution in [0.4, 0.5) is 0 Å². The average molecular weight is 309 g/mol. The molecule has 0 heterocycles. The van der Waals surface area contributed by atoms with Crippen molar-refractivity contribution in [3.05, 3.63) is 34.3 Å². The van der Waals surface area contributed by atoms with Gasteiger partial charge < -0.3 is 0 Å². The lowest BCUT2D eigenvalue weighted by Crippen LogP contribution is -2.21. The zero-order chi connectivity index (χ0) is 13.0. The number of hydrogen-bond donors (Lipinski definition) is 1. The lowest BCUT2D eigenvalue weighted by molar-refractivity contribution is -0.122. The van der Waals surface area contributed by atoms with E-state index in [9.17, 15) is 4.79 Å². The molecule has 1 aliphatic rings. The minimum Gasteiger partial charge on any atom is -0.273 e. The third-order valence-electron chi connectivity index (χ3n) is 2.91. The monoisotopic (exact) mass is 308 g/mol. The second kappa shape index (κ2) is 6.14. The molecule has 1 aliphatic carbocycles. The highest BCUT2D eigenvalue weighted by Gasteiger charge is 2.29. The number of hydrogen-bond acceptors (Lipinski definition) is 2. The number of nitrogens with zero attached hydrogens (tertiary/aromatic N) is 1. The Morgan fingerprint density at radius 1 is 1.39 bits per heavy atom. The predicted octanol–water partition coefficient (Wildman–Crippen LogP) is 3.48. The van der Waals surface area contributed by atoms with Gasteiger partial charge in [-0.2, -0.15) is 5.10 Å². The fraction of sp³-hybridized carbons (Fsp3) is 0.429. The lowest BCUT2D eigenvalue weighted by Gasteiger charge is -2.06. The molecule has 0 saturated heterocycles. The van der Waals surface area contributed by atoms with Gasteiger partial charge in [0.05, 0.1) is 5.71 Å². The van der Waals surface area contributed by atoms with E-state index in [1.807, 2.05) is 24.3 Å². The number of hydrazone groups is 1. The zero-order valence-electron chi connectivity index (χ0n) is 10.4. The second-order valence-corrected chi connectivity index (χ2v) is 5.48. The van der Waals surface area contributed by atoms with Crippen LogP contribution in [-0.2, 0) is 4.79 Å². The average Bonchev–Trinajstić information content (AvgIpc) is 3.19. The first kappa shape index (κ1) is 13.3. The summed E-state index contributed by atoms with van der Waals surface area (Å²) in [6.45, 7) is 2.11. The SMILES string of the molecule is CCC/C(=N/NC(=O)C1CC1)c1ccc(Br)cc1. The summed E-state index contributed by atoms with van der Waals surface area (Å²) in [5, 5.41) is 4.28. The number of nitrogens with one attached hydrogen (secondary N) is 1. The van der Waals surface area contributed by atoms with Crippen LogP contribution in [0.25, 0.3) is 0 Å². The fourth-order valence-corrected chi connectivity index (χ4v) is 1.97. The molecule has 1 saturated carbocycles. The van der Waals surface area contributed by atoms with Gasteiger partial charge in [0.25, 0.3) is 0 Å². The van der Waals surface area contributed by atoms with E-state index in [0.29, 0.717) is 0 Å². The van der Waals surface area contributed by atoms with Gasteiger partial charge in [0, 0.05) is 10.4 Å². The van der Waals surface area contributed by atoms with Gasteiger partial charge in [-0.3, -0.25) is 4.79 Å². The Balaban J connectivity index is 2.08. The molecule has 0 unspecified atom stereocenters. The quantitative estimate of drug-likeness (QED) is 0.656. The highest BCUT2D eigenvalue weighted by molar-refractivity contribution is 9.10. The van der Waals surface area contributed by atoms with Crippen LogP contribution in [0.2, 0.25) is 0 Å². The number of benzene rings is 1. The maximum Gasteiger partial charge on any atom is 0.243 e. The molecule has 1 amide bonds. The largest absolute Gasteiger partial charge is 0.273 e. The van der Waals surface area contributed by atoms with Crippen molar-refractivity contribution < 1.29 is 4.79 Å². The second-order valence-electron chi connectivity index (χ2n) is 4.57. The van der Waals surface area contributed by atoms with Crippen LogP contribution in [0.3, 0.4) is 0 Å². The molecular formula is C14H17BrN2O. The molecule has 0 bridgehead atoms. The van der Waals surface area contributed by atoms with Crippen LogP contribution in [-0.4, -0.2) is 11.6 Å². The van der Waals surface area contributed by atoms with E-state index in [2.05, 4.69) is 33.4 Å². The molecule has 18 heavy (non-hydrogen) atoms.